The summed E-state index contributed by atoms with van der Waals surface area (Å²) in [7, 11) is 1.73. The van der Waals surface area contributed by atoms with Crippen molar-refractivity contribution in [1.82, 2.24) is 5.32 Å². The van der Waals surface area contributed by atoms with Gasteiger partial charge in [-0.15, -0.1) is 13.2 Å². The summed E-state index contributed by atoms with van der Waals surface area (Å²) < 4.78 is 45.6. The molecule has 0 saturated heterocycles. The maximum absolute atomic E-state index is 12.1. The molecule has 0 saturated carbocycles. The number of nitrogens with one attached hydrogen (secondary N) is 1. The molecule has 1 aromatic rings. The molecule has 1 unspecified atom stereocenters. The van der Waals surface area contributed by atoms with Crippen LogP contribution in [0.4, 0.5) is 13.2 Å². The average Bonchev–Trinajstić information content (AvgIpc) is 2.19. The molecule has 6 heteroatoms. The van der Waals surface area contributed by atoms with Crippen molar-refractivity contribution in [2.75, 3.05) is 13.6 Å². The first-order chi connectivity index (χ1) is 7.92. The molecular formula is C11H14F3NO2. The van der Waals surface area contributed by atoms with Gasteiger partial charge in [-0.1, -0.05) is 12.1 Å². The van der Waals surface area contributed by atoms with Gasteiger partial charge >= 0.3 is 6.36 Å². The van der Waals surface area contributed by atoms with E-state index in [-0.39, 0.29) is 17.6 Å². The van der Waals surface area contributed by atoms with Crippen LogP contribution in [0.1, 0.15) is 6.92 Å². The van der Waals surface area contributed by atoms with Crippen LogP contribution in [-0.2, 0) is 0 Å². The molecule has 96 valence electrons. The molecule has 3 nitrogen and oxygen atoms in total. The van der Waals surface area contributed by atoms with Crippen LogP contribution in [0.25, 0.3) is 0 Å². The first-order valence-electron chi connectivity index (χ1n) is 5.08. The Balaban J connectivity index is 2.77. The van der Waals surface area contributed by atoms with Crippen LogP contribution in [0.15, 0.2) is 24.3 Å². The van der Waals surface area contributed by atoms with E-state index in [1.807, 2.05) is 0 Å². The van der Waals surface area contributed by atoms with Gasteiger partial charge in [-0.2, -0.15) is 0 Å². The normalized spacial score (nSPS) is 13.2. The summed E-state index contributed by atoms with van der Waals surface area (Å²) in [5, 5.41) is 2.87. The summed E-state index contributed by atoms with van der Waals surface area (Å²) in [5.74, 6) is -0.254. The number of halogens is 3. The highest BCUT2D eigenvalue weighted by Crippen LogP contribution is 2.32. The minimum absolute atomic E-state index is 0.0765. The molecule has 0 aliphatic rings. The van der Waals surface area contributed by atoms with Crippen molar-refractivity contribution in [1.29, 1.82) is 0 Å². The van der Waals surface area contributed by atoms with E-state index in [9.17, 15) is 13.2 Å². The molecular weight excluding hydrogens is 235 g/mol. The zero-order valence-corrected chi connectivity index (χ0v) is 9.54. The zero-order valence-electron chi connectivity index (χ0n) is 9.54. The number of ether oxygens (including phenoxy) is 2. The maximum Gasteiger partial charge on any atom is 0.573 e. The average molecular weight is 249 g/mol. The van der Waals surface area contributed by atoms with E-state index in [0.717, 1.165) is 0 Å². The van der Waals surface area contributed by atoms with E-state index in [4.69, 9.17) is 4.74 Å². The van der Waals surface area contributed by atoms with Gasteiger partial charge in [0.05, 0.1) is 0 Å². The van der Waals surface area contributed by atoms with Crippen molar-refractivity contribution in [2.24, 2.45) is 0 Å². The predicted octanol–water partition coefficient (Wildman–Crippen LogP) is 2.57. The largest absolute Gasteiger partial charge is 0.573 e. The number of rotatable bonds is 5. The highest BCUT2D eigenvalue weighted by atomic mass is 19.4. The van der Waals surface area contributed by atoms with Gasteiger partial charge in [0.15, 0.2) is 11.5 Å². The molecule has 0 fully saturated rings. The summed E-state index contributed by atoms with van der Waals surface area (Å²) in [6, 6.07) is 5.70. The Morgan fingerprint density at radius 2 is 1.82 bits per heavy atom. The Morgan fingerprint density at radius 1 is 1.24 bits per heavy atom. The number of benzene rings is 1. The van der Waals surface area contributed by atoms with Crippen LogP contribution < -0.4 is 14.8 Å². The van der Waals surface area contributed by atoms with Crippen LogP contribution in [0, 0.1) is 0 Å². The summed E-state index contributed by atoms with van der Waals surface area (Å²) >= 11 is 0. The van der Waals surface area contributed by atoms with Crippen LogP contribution >= 0.6 is 0 Å². The topological polar surface area (TPSA) is 30.5 Å². The van der Waals surface area contributed by atoms with Crippen LogP contribution in [0.2, 0.25) is 0 Å². The lowest BCUT2D eigenvalue weighted by molar-refractivity contribution is -0.275. The lowest BCUT2D eigenvalue weighted by atomic mass is 10.3. The van der Waals surface area contributed by atoms with Gasteiger partial charge in [0, 0.05) is 6.54 Å². The molecule has 0 amide bonds. The van der Waals surface area contributed by atoms with E-state index < -0.39 is 6.36 Å². The molecule has 0 aliphatic carbocycles. The molecule has 0 bridgehead atoms. The van der Waals surface area contributed by atoms with E-state index in [1.54, 1.807) is 20.0 Å². The Hall–Kier alpha value is -1.43. The number of para-hydroxylation sites is 2. The number of likely N-dealkylation sites (N-methyl/N-ethyl adjacent to an activating group) is 1. The second-order valence-electron chi connectivity index (χ2n) is 3.48. The summed E-state index contributed by atoms with van der Waals surface area (Å²) in [6.45, 7) is 2.28. The van der Waals surface area contributed by atoms with Crippen molar-refractivity contribution in [3.8, 4) is 11.5 Å². The summed E-state index contributed by atoms with van der Waals surface area (Å²) in [5.41, 5.74) is 0. The van der Waals surface area contributed by atoms with Gasteiger partial charge < -0.3 is 14.8 Å². The van der Waals surface area contributed by atoms with Crippen LogP contribution in [-0.4, -0.2) is 26.1 Å². The minimum atomic E-state index is -4.72. The molecule has 17 heavy (non-hydrogen) atoms. The molecule has 0 aliphatic heterocycles. The van der Waals surface area contributed by atoms with Crippen LogP contribution in [0.3, 0.4) is 0 Å². The van der Waals surface area contributed by atoms with E-state index >= 15 is 0 Å². The molecule has 1 N–H and O–H groups in total. The first kappa shape index (κ1) is 13.6. The first-order valence-corrected chi connectivity index (χ1v) is 5.08. The Bertz CT molecular complexity index is 355. The molecule has 1 aromatic carbocycles. The summed E-state index contributed by atoms with van der Waals surface area (Å²) in [4.78, 5) is 0. The van der Waals surface area contributed by atoms with Crippen molar-refractivity contribution >= 4 is 0 Å². The molecule has 1 atom stereocenters. The lowest BCUT2D eigenvalue weighted by Gasteiger charge is -2.17. The second kappa shape index (κ2) is 5.77. The lowest BCUT2D eigenvalue weighted by Crippen LogP contribution is -2.26. The third-order valence-electron chi connectivity index (χ3n) is 1.89. The fourth-order valence-electron chi connectivity index (χ4n) is 1.30. The number of alkyl halides is 3. The monoisotopic (exact) mass is 249 g/mol. The fourth-order valence-corrected chi connectivity index (χ4v) is 1.30. The van der Waals surface area contributed by atoms with E-state index in [1.165, 1.54) is 18.2 Å². The van der Waals surface area contributed by atoms with E-state index in [2.05, 4.69) is 10.1 Å². The van der Waals surface area contributed by atoms with Gasteiger partial charge in [-0.3, -0.25) is 0 Å². The second-order valence-corrected chi connectivity index (χ2v) is 3.48. The van der Waals surface area contributed by atoms with Gasteiger partial charge in [0.2, 0.25) is 0 Å². The van der Waals surface area contributed by atoms with Crippen molar-refractivity contribution in [2.45, 2.75) is 19.4 Å². The smallest absolute Gasteiger partial charge is 0.485 e. The van der Waals surface area contributed by atoms with Gasteiger partial charge in [0.25, 0.3) is 0 Å². The number of hydrogen-bond acceptors (Lipinski definition) is 3. The Morgan fingerprint density at radius 3 is 2.35 bits per heavy atom. The van der Waals surface area contributed by atoms with Crippen molar-refractivity contribution in [3.63, 3.8) is 0 Å². The highest BCUT2D eigenvalue weighted by Gasteiger charge is 2.32. The summed E-state index contributed by atoms with van der Waals surface area (Å²) in [6.07, 6.45) is -4.97. The zero-order chi connectivity index (χ0) is 12.9. The Labute approximate surface area is 97.5 Å². The predicted molar refractivity (Wildman–Crippen MR) is 57.1 cm³/mol. The molecule has 0 heterocycles. The van der Waals surface area contributed by atoms with Crippen LogP contribution in [0.5, 0.6) is 11.5 Å². The maximum atomic E-state index is 12.1. The highest BCUT2D eigenvalue weighted by molar-refractivity contribution is 5.39. The SMILES string of the molecule is CNCC(C)Oc1ccccc1OC(F)(F)F. The van der Waals surface area contributed by atoms with Gasteiger partial charge in [-0.05, 0) is 26.1 Å². The quantitative estimate of drug-likeness (QED) is 0.870. The fraction of sp³-hybridized carbons (Fsp3) is 0.455. The molecule has 0 radical (unpaired) electrons. The van der Waals surface area contributed by atoms with Gasteiger partial charge in [-0.25, -0.2) is 0 Å². The number of hydrogen-bond donors (Lipinski definition) is 1. The van der Waals surface area contributed by atoms with Crippen molar-refractivity contribution in [3.05, 3.63) is 24.3 Å². The van der Waals surface area contributed by atoms with Gasteiger partial charge in [0.1, 0.15) is 6.10 Å². The molecule has 0 spiro atoms. The Kier molecular flexibility index (Phi) is 4.62. The third-order valence-corrected chi connectivity index (χ3v) is 1.89. The van der Waals surface area contributed by atoms with E-state index in [0.29, 0.717) is 6.54 Å². The third kappa shape index (κ3) is 4.95. The molecule has 1 rings (SSSR count). The van der Waals surface area contributed by atoms with Crippen molar-refractivity contribution < 1.29 is 22.6 Å². The molecule has 0 aromatic heterocycles. The minimum Gasteiger partial charge on any atom is -0.485 e. The standard InChI is InChI=1S/C11H14F3NO2/c1-8(7-15-2)16-9-5-3-4-6-10(9)17-11(12,13)14/h3-6,8,15H,7H2,1-2H3.